The number of H-pyrrole nitrogens is 1. The highest BCUT2D eigenvalue weighted by Crippen LogP contribution is 2.31. The molecule has 30 heavy (non-hydrogen) atoms. The number of imide groups is 1. The number of fused-ring (bicyclic) bond motifs is 1. The second-order valence-electron chi connectivity index (χ2n) is 7.94. The number of rotatable bonds is 5. The van der Waals surface area contributed by atoms with Gasteiger partial charge in [0.05, 0.1) is 5.54 Å². The first kappa shape index (κ1) is 18.8. The molecule has 2 aromatic rings. The summed E-state index contributed by atoms with van der Waals surface area (Å²) in [4.78, 5) is 38.3. The Balaban J connectivity index is 1.37. The van der Waals surface area contributed by atoms with Gasteiger partial charge in [-0.3, -0.25) is 25.0 Å². The first-order chi connectivity index (χ1) is 14.6. The van der Waals surface area contributed by atoms with Gasteiger partial charge in [0.25, 0.3) is 5.91 Å². The van der Waals surface area contributed by atoms with Crippen LogP contribution in [0.4, 0.5) is 0 Å². The highest BCUT2D eigenvalue weighted by molar-refractivity contribution is 6.05. The van der Waals surface area contributed by atoms with Gasteiger partial charge in [0.1, 0.15) is 6.04 Å². The summed E-state index contributed by atoms with van der Waals surface area (Å²) < 4.78 is 0. The van der Waals surface area contributed by atoms with Gasteiger partial charge in [-0.1, -0.05) is 17.3 Å². The molecule has 1 aromatic heterocycles. The fourth-order valence-corrected chi connectivity index (χ4v) is 4.56. The minimum atomic E-state index is -0.617. The lowest BCUT2D eigenvalue weighted by Crippen LogP contribution is -2.52. The number of benzene rings is 1. The molecule has 4 N–H and O–H groups in total. The summed E-state index contributed by atoms with van der Waals surface area (Å²) in [5, 5.41) is 23.8. The van der Waals surface area contributed by atoms with E-state index in [4.69, 9.17) is 0 Å². The molecule has 11 nitrogen and oxygen atoms in total. The largest absolute Gasteiger partial charge is 0.322 e. The van der Waals surface area contributed by atoms with Crippen LogP contribution in [0.2, 0.25) is 0 Å². The second kappa shape index (κ2) is 7.26. The molecule has 2 saturated heterocycles. The summed E-state index contributed by atoms with van der Waals surface area (Å²) in [5.74, 6) is -0.250. The van der Waals surface area contributed by atoms with Crippen molar-refractivity contribution in [1.29, 1.82) is 0 Å². The Morgan fingerprint density at radius 2 is 2.17 bits per heavy atom. The van der Waals surface area contributed by atoms with E-state index < -0.39 is 17.5 Å². The Hall–Kier alpha value is -3.18. The van der Waals surface area contributed by atoms with E-state index in [1.165, 1.54) is 0 Å². The van der Waals surface area contributed by atoms with Gasteiger partial charge in [-0.25, -0.2) is 0 Å². The predicted octanol–water partition coefficient (Wildman–Crippen LogP) is -1.06. The summed E-state index contributed by atoms with van der Waals surface area (Å²) in [6, 6.07) is 5.02. The van der Waals surface area contributed by atoms with Crippen molar-refractivity contribution in [2.24, 2.45) is 0 Å². The summed E-state index contributed by atoms with van der Waals surface area (Å²) >= 11 is 0. The minimum absolute atomic E-state index is 0.170. The molecule has 3 amide bonds. The molecule has 2 fully saturated rings. The van der Waals surface area contributed by atoms with Crippen LogP contribution in [0.3, 0.4) is 0 Å². The van der Waals surface area contributed by atoms with E-state index in [2.05, 4.69) is 36.6 Å². The van der Waals surface area contributed by atoms with Crippen molar-refractivity contribution >= 4 is 17.7 Å². The fourth-order valence-electron chi connectivity index (χ4n) is 4.56. The molecule has 0 spiro atoms. The third-order valence-electron chi connectivity index (χ3n) is 6.23. The average molecular weight is 410 g/mol. The molecule has 11 heteroatoms. The second-order valence-corrected chi connectivity index (χ2v) is 7.94. The molecule has 2 atom stereocenters. The van der Waals surface area contributed by atoms with Crippen LogP contribution < -0.4 is 16.0 Å². The summed E-state index contributed by atoms with van der Waals surface area (Å²) in [6.07, 6.45) is 1.42. The van der Waals surface area contributed by atoms with E-state index in [0.717, 1.165) is 24.1 Å². The fraction of sp³-hybridized carbons (Fsp3) is 0.474. The Morgan fingerprint density at radius 1 is 1.27 bits per heavy atom. The quantitative estimate of drug-likeness (QED) is 0.457. The molecule has 0 saturated carbocycles. The van der Waals surface area contributed by atoms with Crippen molar-refractivity contribution < 1.29 is 14.4 Å². The van der Waals surface area contributed by atoms with Crippen LogP contribution >= 0.6 is 0 Å². The Kier molecular flexibility index (Phi) is 4.55. The zero-order chi connectivity index (χ0) is 20.7. The third-order valence-corrected chi connectivity index (χ3v) is 6.23. The van der Waals surface area contributed by atoms with Crippen molar-refractivity contribution in [3.8, 4) is 0 Å². The van der Waals surface area contributed by atoms with Crippen LogP contribution in [0.25, 0.3) is 0 Å². The lowest BCUT2D eigenvalue weighted by Gasteiger charge is -2.29. The number of tetrazole rings is 1. The monoisotopic (exact) mass is 410 g/mol. The minimum Gasteiger partial charge on any atom is -0.322 e. The molecule has 5 rings (SSSR count). The van der Waals surface area contributed by atoms with Gasteiger partial charge in [-0.2, -0.15) is 5.21 Å². The number of hydrogen-bond acceptors (Lipinski definition) is 8. The molecule has 0 bridgehead atoms. The van der Waals surface area contributed by atoms with Crippen LogP contribution in [-0.2, 0) is 28.2 Å². The molecule has 1 aromatic carbocycles. The van der Waals surface area contributed by atoms with Gasteiger partial charge >= 0.3 is 0 Å². The summed E-state index contributed by atoms with van der Waals surface area (Å²) in [7, 11) is 0. The molecular formula is C19H22N8O3. The number of hydrogen-bond donors (Lipinski definition) is 4. The zero-order valence-corrected chi connectivity index (χ0v) is 16.3. The maximum atomic E-state index is 13.0. The van der Waals surface area contributed by atoms with Crippen molar-refractivity contribution in [3.05, 3.63) is 40.7 Å². The average Bonchev–Trinajstić information content (AvgIpc) is 3.48. The Morgan fingerprint density at radius 3 is 2.90 bits per heavy atom. The smallest absolute Gasteiger partial charge is 0.255 e. The number of piperidine rings is 1. The summed E-state index contributed by atoms with van der Waals surface area (Å²) in [6.45, 7) is 2.40. The van der Waals surface area contributed by atoms with Gasteiger partial charge in [0.2, 0.25) is 11.8 Å². The Labute approximate surface area is 172 Å². The number of nitrogens with one attached hydrogen (secondary N) is 4. The van der Waals surface area contributed by atoms with Crippen LogP contribution in [-0.4, -0.2) is 62.4 Å². The number of carbonyl (C=O) groups is 3. The van der Waals surface area contributed by atoms with Crippen LogP contribution in [0.5, 0.6) is 0 Å². The number of aromatic amines is 1. The predicted molar refractivity (Wildman–Crippen MR) is 103 cm³/mol. The Bertz CT molecular complexity index is 999. The number of nitrogens with zero attached hydrogens (tertiary/aromatic N) is 4. The zero-order valence-electron chi connectivity index (χ0n) is 16.3. The molecular weight excluding hydrogens is 388 g/mol. The van der Waals surface area contributed by atoms with E-state index in [1.54, 1.807) is 11.0 Å². The van der Waals surface area contributed by atoms with Crippen LogP contribution in [0, 0.1) is 0 Å². The van der Waals surface area contributed by atoms with E-state index in [-0.39, 0.29) is 18.2 Å². The molecule has 156 valence electrons. The standard InChI is InChI=1S/C19H22N8O3/c28-15-5-4-14(16(29)22-15)27-9-13-11(2-1-3-12(13)17(27)30)8-21-19(6-7-20-10-19)18-23-25-26-24-18/h1-3,14,20-21H,4-10H2,(H,22,28,29)(H,23,24,25,26). The lowest BCUT2D eigenvalue weighted by molar-refractivity contribution is -0.136. The van der Waals surface area contributed by atoms with Gasteiger partial charge in [0.15, 0.2) is 5.82 Å². The molecule has 3 aliphatic rings. The topological polar surface area (TPSA) is 145 Å². The first-order valence-electron chi connectivity index (χ1n) is 10.0. The SMILES string of the molecule is O=C1CCC(N2Cc3c(CNC4(c5nn[nH]n5)CCNC4)cccc3C2=O)C(=O)N1. The molecule has 4 heterocycles. The number of amides is 3. The lowest BCUT2D eigenvalue weighted by atomic mass is 9.96. The molecule has 0 aliphatic carbocycles. The van der Waals surface area contributed by atoms with Crippen molar-refractivity contribution in [1.82, 2.24) is 41.5 Å². The highest BCUT2D eigenvalue weighted by Gasteiger charge is 2.41. The maximum absolute atomic E-state index is 13.0. The number of aromatic nitrogens is 4. The maximum Gasteiger partial charge on any atom is 0.255 e. The van der Waals surface area contributed by atoms with Gasteiger partial charge in [-0.05, 0) is 36.6 Å². The van der Waals surface area contributed by atoms with Gasteiger partial charge in [0, 0.05) is 31.6 Å². The van der Waals surface area contributed by atoms with Crippen molar-refractivity contribution in [3.63, 3.8) is 0 Å². The van der Waals surface area contributed by atoms with Crippen LogP contribution in [0.1, 0.15) is 46.6 Å². The normalized spacial score (nSPS) is 26.2. The molecule has 0 radical (unpaired) electrons. The van der Waals surface area contributed by atoms with Gasteiger partial charge in [-0.15, -0.1) is 10.2 Å². The van der Waals surface area contributed by atoms with E-state index in [9.17, 15) is 14.4 Å². The molecule has 3 aliphatic heterocycles. The van der Waals surface area contributed by atoms with Crippen molar-refractivity contribution in [2.75, 3.05) is 13.1 Å². The van der Waals surface area contributed by atoms with E-state index >= 15 is 0 Å². The van der Waals surface area contributed by atoms with E-state index in [1.807, 2.05) is 12.1 Å². The number of carbonyl (C=O) groups excluding carboxylic acids is 3. The van der Waals surface area contributed by atoms with Crippen LogP contribution in [0.15, 0.2) is 18.2 Å². The van der Waals surface area contributed by atoms with E-state index in [0.29, 0.717) is 37.4 Å². The first-order valence-corrected chi connectivity index (χ1v) is 10.0. The summed E-state index contributed by atoms with van der Waals surface area (Å²) in [5.41, 5.74) is 2.08. The highest BCUT2D eigenvalue weighted by atomic mass is 16.2. The van der Waals surface area contributed by atoms with Crippen molar-refractivity contribution in [2.45, 2.75) is 43.9 Å². The third kappa shape index (κ3) is 3.06. The van der Waals surface area contributed by atoms with Gasteiger partial charge < -0.3 is 10.2 Å². The molecule has 2 unspecified atom stereocenters.